The molecule has 2 N–H and O–H groups in total. The molecule has 0 unspecified atom stereocenters. The van der Waals surface area contributed by atoms with Gasteiger partial charge in [-0.05, 0) is 53.8 Å². The molecule has 0 radical (unpaired) electrons. The number of aryl methyl sites for hydroxylation is 1. The van der Waals surface area contributed by atoms with Crippen LogP contribution in [0.25, 0.3) is 0 Å². The number of hydrogen-bond acceptors (Lipinski definition) is 3. The number of nitrogens with two attached hydrogens (primary N) is 1. The third-order valence-corrected chi connectivity index (χ3v) is 3.13. The van der Waals surface area contributed by atoms with Gasteiger partial charge in [-0.2, -0.15) is 0 Å². The predicted molar refractivity (Wildman–Crippen MR) is 74.8 cm³/mol. The Morgan fingerprint density at radius 3 is 2.82 bits per heavy atom. The molecule has 1 aromatic heterocycles. The molecule has 2 rings (SSSR count). The van der Waals surface area contributed by atoms with Gasteiger partial charge in [-0.3, -0.25) is 0 Å². The average molecular weight is 343 g/mol. The fourth-order valence-corrected chi connectivity index (χ4v) is 2.06. The molecule has 90 valence electrons. The van der Waals surface area contributed by atoms with Crippen molar-refractivity contribution in [2.24, 2.45) is 5.73 Å². The second-order valence-corrected chi connectivity index (χ2v) is 4.99. The fourth-order valence-electron chi connectivity index (χ4n) is 1.55. The lowest BCUT2D eigenvalue weighted by atomic mass is 10.2. The fraction of sp³-hybridized carbons (Fsp3) is 0.231. The van der Waals surface area contributed by atoms with Crippen molar-refractivity contribution in [3.63, 3.8) is 0 Å². The summed E-state index contributed by atoms with van der Waals surface area (Å²) in [6.45, 7) is 2.85. The first-order valence-electron chi connectivity index (χ1n) is 5.35. The largest absolute Gasteiger partial charge is 0.489 e. The number of rotatable bonds is 4. The van der Waals surface area contributed by atoms with E-state index in [0.29, 0.717) is 13.2 Å². The number of halogens is 1. The third-order valence-electron chi connectivity index (χ3n) is 2.46. The lowest BCUT2D eigenvalue weighted by Gasteiger charge is -2.05. The normalized spacial score (nSPS) is 10.5. The monoisotopic (exact) mass is 343 g/mol. The molecule has 1 aromatic carbocycles. The van der Waals surface area contributed by atoms with E-state index in [1.807, 2.05) is 37.3 Å². The summed E-state index contributed by atoms with van der Waals surface area (Å²) in [7, 11) is 0. The molecule has 0 bridgehead atoms. The first kappa shape index (κ1) is 12.4. The quantitative estimate of drug-likeness (QED) is 0.867. The molecule has 0 fully saturated rings. The van der Waals surface area contributed by atoms with Crippen LogP contribution >= 0.6 is 22.6 Å². The van der Waals surface area contributed by atoms with Crippen molar-refractivity contribution in [1.29, 1.82) is 0 Å². The van der Waals surface area contributed by atoms with Crippen LogP contribution in [0.1, 0.15) is 17.1 Å². The summed E-state index contributed by atoms with van der Waals surface area (Å²) >= 11 is 2.26. The van der Waals surface area contributed by atoms with E-state index < -0.39 is 0 Å². The second kappa shape index (κ2) is 5.55. The Labute approximate surface area is 114 Å². The minimum Gasteiger partial charge on any atom is -0.489 e. The van der Waals surface area contributed by atoms with E-state index in [4.69, 9.17) is 14.9 Å². The highest BCUT2D eigenvalue weighted by atomic mass is 127. The number of benzene rings is 1. The van der Waals surface area contributed by atoms with Crippen LogP contribution in [-0.4, -0.2) is 0 Å². The van der Waals surface area contributed by atoms with Crippen LogP contribution in [0.15, 0.2) is 34.7 Å². The standard InChI is InChI=1S/C13H14INO2/c1-9-10(5-13(7-15)17-9)8-16-12-4-2-3-11(14)6-12/h2-6H,7-8,15H2,1H3. The van der Waals surface area contributed by atoms with Gasteiger partial charge in [0.15, 0.2) is 0 Å². The molecule has 0 saturated heterocycles. The van der Waals surface area contributed by atoms with Crippen LogP contribution in [0.2, 0.25) is 0 Å². The summed E-state index contributed by atoms with van der Waals surface area (Å²) in [4.78, 5) is 0. The molecular weight excluding hydrogens is 329 g/mol. The lowest BCUT2D eigenvalue weighted by molar-refractivity contribution is 0.303. The molecule has 1 heterocycles. The van der Waals surface area contributed by atoms with Crippen molar-refractivity contribution in [2.45, 2.75) is 20.1 Å². The topological polar surface area (TPSA) is 48.4 Å². The van der Waals surface area contributed by atoms with E-state index in [0.717, 1.165) is 26.4 Å². The number of ether oxygens (including phenoxy) is 1. The van der Waals surface area contributed by atoms with Crippen molar-refractivity contribution in [2.75, 3.05) is 0 Å². The summed E-state index contributed by atoms with van der Waals surface area (Å²) in [5.41, 5.74) is 6.57. The van der Waals surface area contributed by atoms with Crippen LogP contribution in [0, 0.1) is 10.5 Å². The minimum atomic E-state index is 0.421. The first-order valence-corrected chi connectivity index (χ1v) is 6.43. The summed E-state index contributed by atoms with van der Waals surface area (Å²) in [5.74, 6) is 2.53. The maximum atomic E-state index is 5.71. The van der Waals surface area contributed by atoms with E-state index in [2.05, 4.69) is 22.6 Å². The molecule has 0 spiro atoms. The van der Waals surface area contributed by atoms with Gasteiger partial charge in [0.2, 0.25) is 0 Å². The zero-order valence-corrected chi connectivity index (χ0v) is 11.7. The van der Waals surface area contributed by atoms with Crippen LogP contribution in [0.5, 0.6) is 5.75 Å². The SMILES string of the molecule is Cc1oc(CN)cc1COc1cccc(I)c1. The van der Waals surface area contributed by atoms with Gasteiger partial charge >= 0.3 is 0 Å². The van der Waals surface area contributed by atoms with E-state index in [1.165, 1.54) is 0 Å². The molecule has 0 aliphatic heterocycles. The molecule has 4 heteroatoms. The maximum absolute atomic E-state index is 5.71. The molecular formula is C13H14INO2. The van der Waals surface area contributed by atoms with Gasteiger partial charge in [0.25, 0.3) is 0 Å². The van der Waals surface area contributed by atoms with Gasteiger partial charge in [-0.1, -0.05) is 6.07 Å². The van der Waals surface area contributed by atoms with Crippen molar-refractivity contribution >= 4 is 22.6 Å². The summed E-state index contributed by atoms with van der Waals surface area (Å²) in [5, 5.41) is 0. The van der Waals surface area contributed by atoms with Crippen molar-refractivity contribution < 1.29 is 9.15 Å². The van der Waals surface area contributed by atoms with E-state index in [-0.39, 0.29) is 0 Å². The Balaban J connectivity index is 2.04. The Morgan fingerprint density at radius 1 is 1.35 bits per heavy atom. The highest BCUT2D eigenvalue weighted by Gasteiger charge is 2.07. The highest BCUT2D eigenvalue weighted by Crippen LogP contribution is 2.19. The molecule has 3 nitrogen and oxygen atoms in total. The third kappa shape index (κ3) is 3.23. The Kier molecular flexibility index (Phi) is 4.06. The molecule has 0 aliphatic carbocycles. The zero-order valence-electron chi connectivity index (χ0n) is 9.57. The van der Waals surface area contributed by atoms with E-state index in [9.17, 15) is 0 Å². The molecule has 0 atom stereocenters. The maximum Gasteiger partial charge on any atom is 0.120 e. The van der Waals surface area contributed by atoms with Crippen LogP contribution in [0.3, 0.4) is 0 Å². The molecule has 17 heavy (non-hydrogen) atoms. The summed E-state index contributed by atoms with van der Waals surface area (Å²) in [6, 6.07) is 9.90. The van der Waals surface area contributed by atoms with Crippen LogP contribution in [0.4, 0.5) is 0 Å². The van der Waals surface area contributed by atoms with Crippen LogP contribution < -0.4 is 10.5 Å². The summed E-state index contributed by atoms with van der Waals surface area (Å²) < 4.78 is 12.3. The zero-order chi connectivity index (χ0) is 12.3. The first-order chi connectivity index (χ1) is 8.19. The number of hydrogen-bond donors (Lipinski definition) is 1. The van der Waals surface area contributed by atoms with Crippen molar-refractivity contribution in [3.05, 3.63) is 51.0 Å². The van der Waals surface area contributed by atoms with Crippen molar-refractivity contribution in [1.82, 2.24) is 0 Å². The summed E-state index contributed by atoms with van der Waals surface area (Å²) in [6.07, 6.45) is 0. The van der Waals surface area contributed by atoms with Crippen LogP contribution in [-0.2, 0) is 13.2 Å². The molecule has 0 aliphatic rings. The van der Waals surface area contributed by atoms with Gasteiger partial charge in [0.1, 0.15) is 23.9 Å². The smallest absolute Gasteiger partial charge is 0.120 e. The Hall–Kier alpha value is -1.01. The highest BCUT2D eigenvalue weighted by molar-refractivity contribution is 14.1. The van der Waals surface area contributed by atoms with E-state index >= 15 is 0 Å². The van der Waals surface area contributed by atoms with Gasteiger partial charge < -0.3 is 14.9 Å². The average Bonchev–Trinajstić information content (AvgIpc) is 2.68. The predicted octanol–water partition coefficient (Wildman–Crippen LogP) is 3.23. The molecule has 0 amide bonds. The molecule has 2 aromatic rings. The van der Waals surface area contributed by atoms with Crippen molar-refractivity contribution in [3.8, 4) is 5.75 Å². The van der Waals surface area contributed by atoms with E-state index in [1.54, 1.807) is 0 Å². The van der Waals surface area contributed by atoms with Gasteiger partial charge in [-0.15, -0.1) is 0 Å². The number of furan rings is 1. The minimum absolute atomic E-state index is 0.421. The Bertz CT molecular complexity index is 508. The molecule has 0 saturated carbocycles. The Morgan fingerprint density at radius 2 is 2.18 bits per heavy atom. The van der Waals surface area contributed by atoms with Gasteiger partial charge in [-0.25, -0.2) is 0 Å². The lowest BCUT2D eigenvalue weighted by Crippen LogP contribution is -1.96. The van der Waals surface area contributed by atoms with Gasteiger partial charge in [0.05, 0.1) is 6.54 Å². The van der Waals surface area contributed by atoms with Gasteiger partial charge in [0, 0.05) is 9.13 Å². The second-order valence-electron chi connectivity index (χ2n) is 3.74.